The summed E-state index contributed by atoms with van der Waals surface area (Å²) in [6.45, 7) is 0. The number of aromatic nitrogens is 2. The SMILES string of the molecule is N#CC(C(=O)c1ccc(C2CC2)o1)c1nc2sc3c(c2c(=O)[nH]1)CCCC3. The highest BCUT2D eigenvalue weighted by atomic mass is 32.1. The van der Waals surface area contributed by atoms with Gasteiger partial charge in [0, 0.05) is 10.8 Å². The molecule has 0 bridgehead atoms. The number of furan rings is 1. The molecule has 5 rings (SSSR count). The molecule has 3 aromatic heterocycles. The normalized spacial score (nSPS) is 17.4. The highest BCUT2D eigenvalue weighted by molar-refractivity contribution is 7.18. The Morgan fingerprint density at radius 2 is 2.15 bits per heavy atom. The Kier molecular flexibility index (Phi) is 3.76. The minimum Gasteiger partial charge on any atom is -0.458 e. The number of rotatable bonds is 4. The lowest BCUT2D eigenvalue weighted by molar-refractivity contribution is 0.0947. The molecular formula is C20H17N3O3S. The van der Waals surface area contributed by atoms with E-state index in [1.165, 1.54) is 16.2 Å². The third-order valence-corrected chi connectivity index (χ3v) is 6.54. The number of H-pyrrole nitrogens is 1. The maximum atomic E-state index is 12.8. The molecule has 0 saturated heterocycles. The molecule has 1 unspecified atom stereocenters. The monoisotopic (exact) mass is 379 g/mol. The van der Waals surface area contributed by atoms with Crippen molar-refractivity contribution in [2.75, 3.05) is 0 Å². The van der Waals surface area contributed by atoms with Crippen LogP contribution in [0.1, 0.15) is 70.1 Å². The van der Waals surface area contributed by atoms with Gasteiger partial charge in [-0.3, -0.25) is 9.59 Å². The van der Waals surface area contributed by atoms with E-state index in [1.54, 1.807) is 12.1 Å². The topological polar surface area (TPSA) is 99.8 Å². The van der Waals surface area contributed by atoms with Gasteiger partial charge in [-0.25, -0.2) is 4.98 Å². The standard InChI is InChI=1S/C20H17N3O3S/c21-9-12(17(24)14-8-7-13(26-14)10-5-6-10)18-22-19(25)16-11-3-1-2-4-15(11)27-20(16)23-18/h7-8,10,12H,1-6H2,(H,22,23,25). The van der Waals surface area contributed by atoms with Crippen LogP contribution in [0.5, 0.6) is 0 Å². The molecule has 0 radical (unpaired) electrons. The predicted octanol–water partition coefficient (Wildman–Crippen LogP) is 3.82. The van der Waals surface area contributed by atoms with Gasteiger partial charge in [0.1, 0.15) is 16.4 Å². The van der Waals surface area contributed by atoms with Crippen molar-refractivity contribution in [3.05, 3.63) is 50.3 Å². The van der Waals surface area contributed by atoms with E-state index in [0.717, 1.165) is 49.8 Å². The van der Waals surface area contributed by atoms with E-state index in [1.807, 2.05) is 6.07 Å². The van der Waals surface area contributed by atoms with Crippen molar-refractivity contribution >= 4 is 27.3 Å². The number of nitrogens with zero attached hydrogens (tertiary/aromatic N) is 2. The summed E-state index contributed by atoms with van der Waals surface area (Å²) in [4.78, 5) is 34.5. The zero-order valence-electron chi connectivity index (χ0n) is 14.6. The molecule has 1 atom stereocenters. The molecule has 1 saturated carbocycles. The highest BCUT2D eigenvalue weighted by Gasteiger charge is 2.31. The number of fused-ring (bicyclic) bond motifs is 3. The number of hydrogen-bond donors (Lipinski definition) is 1. The van der Waals surface area contributed by atoms with Gasteiger partial charge in [0.15, 0.2) is 11.7 Å². The van der Waals surface area contributed by atoms with Crippen molar-refractivity contribution < 1.29 is 9.21 Å². The van der Waals surface area contributed by atoms with Crippen LogP contribution in [-0.4, -0.2) is 15.8 Å². The van der Waals surface area contributed by atoms with Crippen LogP contribution in [0.3, 0.4) is 0 Å². The smallest absolute Gasteiger partial charge is 0.259 e. The fourth-order valence-electron chi connectivity index (χ4n) is 3.78. The summed E-state index contributed by atoms with van der Waals surface area (Å²) in [5.74, 6) is -0.219. The molecule has 6 nitrogen and oxygen atoms in total. The number of nitriles is 1. The van der Waals surface area contributed by atoms with Crippen molar-refractivity contribution in [1.29, 1.82) is 5.26 Å². The van der Waals surface area contributed by atoms with Gasteiger partial charge < -0.3 is 9.40 Å². The number of aromatic amines is 1. The number of hydrogen-bond acceptors (Lipinski definition) is 6. The summed E-state index contributed by atoms with van der Waals surface area (Å²) in [5.41, 5.74) is 0.821. The van der Waals surface area contributed by atoms with Crippen LogP contribution in [-0.2, 0) is 12.8 Å². The number of carbonyl (C=O) groups is 1. The van der Waals surface area contributed by atoms with Gasteiger partial charge in [-0.05, 0) is 56.2 Å². The van der Waals surface area contributed by atoms with Gasteiger partial charge in [0.2, 0.25) is 5.78 Å². The third kappa shape index (κ3) is 2.72. The molecule has 1 fully saturated rings. The molecule has 2 aliphatic carbocycles. The summed E-state index contributed by atoms with van der Waals surface area (Å²) in [6, 6.07) is 5.40. The lowest BCUT2D eigenvalue weighted by Crippen LogP contribution is -2.19. The van der Waals surface area contributed by atoms with E-state index >= 15 is 0 Å². The first-order valence-electron chi connectivity index (χ1n) is 9.23. The number of Topliss-reactive ketones (excluding diaryl/α,β-unsaturated/α-hetero) is 1. The van der Waals surface area contributed by atoms with Gasteiger partial charge in [0.25, 0.3) is 5.56 Å². The lowest BCUT2D eigenvalue weighted by atomic mass is 9.97. The van der Waals surface area contributed by atoms with Crippen molar-refractivity contribution in [3.8, 4) is 6.07 Å². The maximum Gasteiger partial charge on any atom is 0.259 e. The molecule has 7 heteroatoms. The maximum absolute atomic E-state index is 12.8. The number of aryl methyl sites for hydroxylation is 2. The van der Waals surface area contributed by atoms with Crippen molar-refractivity contribution in [3.63, 3.8) is 0 Å². The van der Waals surface area contributed by atoms with Gasteiger partial charge in [-0.15, -0.1) is 11.3 Å². The Bertz CT molecular complexity index is 1160. The first-order chi connectivity index (χ1) is 13.2. The molecule has 1 N–H and O–H groups in total. The predicted molar refractivity (Wildman–Crippen MR) is 100 cm³/mol. The van der Waals surface area contributed by atoms with Crippen LogP contribution in [0, 0.1) is 11.3 Å². The number of thiophene rings is 1. The average Bonchev–Trinajstić information content (AvgIpc) is 3.27. The molecule has 0 aliphatic heterocycles. The van der Waals surface area contributed by atoms with Crippen LogP contribution < -0.4 is 5.56 Å². The summed E-state index contributed by atoms with van der Waals surface area (Å²) in [6.07, 6.45) is 6.17. The third-order valence-electron chi connectivity index (χ3n) is 5.36. The first-order valence-corrected chi connectivity index (χ1v) is 10.1. The van der Waals surface area contributed by atoms with Crippen LogP contribution in [0.15, 0.2) is 21.3 Å². The van der Waals surface area contributed by atoms with Crippen molar-refractivity contribution in [1.82, 2.24) is 9.97 Å². The molecule has 136 valence electrons. The molecule has 2 aliphatic rings. The minimum atomic E-state index is -1.18. The molecule has 0 aromatic carbocycles. The fraction of sp³-hybridized carbons (Fsp3) is 0.400. The quantitative estimate of drug-likeness (QED) is 0.695. The molecule has 3 aromatic rings. The van der Waals surface area contributed by atoms with Gasteiger partial charge in [-0.1, -0.05) is 0 Å². The van der Waals surface area contributed by atoms with E-state index in [9.17, 15) is 14.9 Å². The largest absolute Gasteiger partial charge is 0.458 e. The molecular weight excluding hydrogens is 362 g/mol. The van der Waals surface area contributed by atoms with E-state index in [-0.39, 0.29) is 17.1 Å². The van der Waals surface area contributed by atoms with Gasteiger partial charge in [-0.2, -0.15) is 5.26 Å². The minimum absolute atomic E-state index is 0.1000. The highest BCUT2D eigenvalue weighted by Crippen LogP contribution is 2.41. The van der Waals surface area contributed by atoms with Crippen LogP contribution in [0.25, 0.3) is 10.2 Å². The lowest BCUT2D eigenvalue weighted by Gasteiger charge is -2.09. The van der Waals surface area contributed by atoms with E-state index in [0.29, 0.717) is 16.1 Å². The van der Waals surface area contributed by atoms with E-state index in [2.05, 4.69) is 9.97 Å². The number of nitrogens with one attached hydrogen (secondary N) is 1. The van der Waals surface area contributed by atoms with Gasteiger partial charge >= 0.3 is 0 Å². The first kappa shape index (κ1) is 16.5. The summed E-state index contributed by atoms with van der Waals surface area (Å²) in [7, 11) is 0. The number of ketones is 1. The zero-order valence-corrected chi connectivity index (χ0v) is 15.4. The summed E-state index contributed by atoms with van der Waals surface area (Å²) in [5, 5.41) is 10.2. The van der Waals surface area contributed by atoms with E-state index < -0.39 is 11.7 Å². The van der Waals surface area contributed by atoms with Crippen LogP contribution in [0.2, 0.25) is 0 Å². The Morgan fingerprint density at radius 3 is 2.93 bits per heavy atom. The van der Waals surface area contributed by atoms with Crippen LogP contribution >= 0.6 is 11.3 Å². The van der Waals surface area contributed by atoms with E-state index in [4.69, 9.17) is 4.42 Å². The zero-order chi connectivity index (χ0) is 18.5. The molecule has 3 heterocycles. The Balaban J connectivity index is 1.55. The second-order valence-corrected chi connectivity index (χ2v) is 8.33. The molecule has 27 heavy (non-hydrogen) atoms. The fourth-order valence-corrected chi connectivity index (χ4v) is 5.05. The van der Waals surface area contributed by atoms with Crippen LogP contribution in [0.4, 0.5) is 0 Å². The number of carbonyl (C=O) groups excluding carboxylic acids is 1. The second kappa shape index (κ2) is 6.17. The summed E-state index contributed by atoms with van der Waals surface area (Å²) < 4.78 is 5.64. The Morgan fingerprint density at radius 1 is 1.33 bits per heavy atom. The Labute approximate surface area is 158 Å². The van der Waals surface area contributed by atoms with Gasteiger partial charge in [0.05, 0.1) is 11.5 Å². The average molecular weight is 379 g/mol. The van der Waals surface area contributed by atoms with Crippen molar-refractivity contribution in [2.24, 2.45) is 0 Å². The van der Waals surface area contributed by atoms with Crippen molar-refractivity contribution in [2.45, 2.75) is 50.4 Å². The second-order valence-electron chi connectivity index (χ2n) is 7.24. The summed E-state index contributed by atoms with van der Waals surface area (Å²) >= 11 is 1.50. The molecule has 0 spiro atoms. The Hall–Kier alpha value is -2.72. The molecule has 0 amide bonds.